The van der Waals surface area contributed by atoms with Crippen LogP contribution in [0.3, 0.4) is 0 Å². The van der Waals surface area contributed by atoms with Gasteiger partial charge in [0, 0.05) is 42.3 Å². The summed E-state index contributed by atoms with van der Waals surface area (Å²) in [5.41, 5.74) is 5.59. The van der Waals surface area contributed by atoms with Gasteiger partial charge in [-0.05, 0) is 11.5 Å². The van der Waals surface area contributed by atoms with Gasteiger partial charge in [0.25, 0.3) is 7.71 Å². The van der Waals surface area contributed by atoms with Gasteiger partial charge in [-0.2, -0.15) is 35.9 Å². The van der Waals surface area contributed by atoms with Crippen molar-refractivity contribution in [2.75, 3.05) is 42.3 Å². The second-order valence-electron chi connectivity index (χ2n) is 12.3. The highest BCUT2D eigenvalue weighted by Gasteiger charge is 2.45. The molecule has 0 saturated heterocycles. The molecular weight excluding hydrogens is 516 g/mol. The quantitative estimate of drug-likeness (QED) is 0.190. The Morgan fingerprint density at radius 1 is 0.463 bits per heavy atom. The molecule has 0 spiro atoms. The molecule has 0 fully saturated rings. The van der Waals surface area contributed by atoms with Gasteiger partial charge in [-0.25, -0.2) is 0 Å². The summed E-state index contributed by atoms with van der Waals surface area (Å²) in [5, 5.41) is 0. The molecule has 4 aromatic rings. The number of hydrogen-bond donors (Lipinski definition) is 0. The van der Waals surface area contributed by atoms with E-state index in [4.69, 9.17) is 0 Å². The smallest absolute Gasteiger partial charge is 0.195 e. The molecule has 216 valence electrons. The van der Waals surface area contributed by atoms with E-state index in [0.717, 1.165) is 0 Å². The maximum absolute atomic E-state index is 2.38. The first-order valence-electron chi connectivity index (χ1n) is 14.5. The van der Waals surface area contributed by atoms with Gasteiger partial charge in [-0.1, -0.05) is 142 Å². The molecule has 0 unspecified atom stereocenters. The standard InChI is InChI=1S/C24H20B.C12H29N3P/c1-5-13-21(14-6-1)25(22-15-7-2-8-16-22,23-17-9-3-10-18-23)24-19-11-4-12-20-24;1-12(2,3)10-11-16(13(4)5,14(6)7)15(8)9/h1-20H;10-11H,1-9H3/q-1;+1/b;11-10+. The molecular formula is C36H49BN3P. The molecule has 0 N–H and O–H groups in total. The van der Waals surface area contributed by atoms with E-state index in [-0.39, 0.29) is 5.41 Å². The molecule has 0 heterocycles. The van der Waals surface area contributed by atoms with Gasteiger partial charge in [0.15, 0.2) is 0 Å². The fraction of sp³-hybridized carbons (Fsp3) is 0.278. The van der Waals surface area contributed by atoms with Crippen LogP contribution in [0.1, 0.15) is 20.8 Å². The van der Waals surface area contributed by atoms with Crippen LogP contribution in [0.15, 0.2) is 133 Å². The Balaban J connectivity index is 0.000000253. The largest absolute Gasteiger partial charge is 0.252 e. The Morgan fingerprint density at radius 2 is 0.707 bits per heavy atom. The van der Waals surface area contributed by atoms with E-state index in [2.05, 4.69) is 210 Å². The van der Waals surface area contributed by atoms with Crippen LogP contribution in [0, 0.1) is 5.41 Å². The molecule has 3 nitrogen and oxygen atoms in total. The van der Waals surface area contributed by atoms with Crippen LogP contribution in [-0.2, 0) is 0 Å². The van der Waals surface area contributed by atoms with Crippen LogP contribution < -0.4 is 21.9 Å². The van der Waals surface area contributed by atoms with E-state index in [0.29, 0.717) is 0 Å². The van der Waals surface area contributed by atoms with Crippen LogP contribution in [0.5, 0.6) is 0 Å². The third-order valence-electron chi connectivity index (χ3n) is 7.74. The minimum Gasteiger partial charge on any atom is -0.195 e. The third kappa shape index (κ3) is 7.45. The van der Waals surface area contributed by atoms with Gasteiger partial charge in [-0.15, -0.1) is 0 Å². The van der Waals surface area contributed by atoms with Gasteiger partial charge in [-0.3, -0.25) is 0 Å². The fourth-order valence-corrected chi connectivity index (χ4v) is 9.51. The summed E-state index contributed by atoms with van der Waals surface area (Å²) in [7, 11) is 11.4. The lowest BCUT2D eigenvalue weighted by Gasteiger charge is -2.44. The van der Waals surface area contributed by atoms with Crippen molar-refractivity contribution in [3.8, 4) is 0 Å². The lowest BCUT2D eigenvalue weighted by Crippen LogP contribution is -2.74. The third-order valence-corrected chi connectivity index (χ3v) is 11.8. The zero-order valence-electron chi connectivity index (χ0n) is 26.6. The Bertz CT molecular complexity index is 1150. The first-order chi connectivity index (χ1) is 19.5. The molecule has 41 heavy (non-hydrogen) atoms. The summed E-state index contributed by atoms with van der Waals surface area (Å²) in [4.78, 5) is 0. The van der Waals surface area contributed by atoms with Crippen LogP contribution in [0.4, 0.5) is 0 Å². The zero-order valence-corrected chi connectivity index (χ0v) is 27.5. The average Bonchev–Trinajstić information content (AvgIpc) is 2.95. The molecule has 0 aliphatic rings. The van der Waals surface area contributed by atoms with E-state index in [9.17, 15) is 0 Å². The van der Waals surface area contributed by atoms with Crippen molar-refractivity contribution in [3.05, 3.63) is 133 Å². The summed E-state index contributed by atoms with van der Waals surface area (Å²) >= 11 is 0. The highest BCUT2D eigenvalue weighted by Crippen LogP contribution is 2.65. The summed E-state index contributed by atoms with van der Waals surface area (Å²) < 4.78 is 6.99. The average molecular weight is 566 g/mol. The number of hydrogen-bond acceptors (Lipinski definition) is 3. The molecule has 0 aromatic heterocycles. The monoisotopic (exact) mass is 565 g/mol. The second-order valence-corrected chi connectivity index (χ2v) is 16.3. The van der Waals surface area contributed by atoms with Crippen LogP contribution in [0.25, 0.3) is 0 Å². The molecule has 0 radical (unpaired) electrons. The number of allylic oxidation sites excluding steroid dienone is 1. The maximum atomic E-state index is 2.38. The first-order valence-corrected chi connectivity index (χ1v) is 16.2. The maximum Gasteiger partial charge on any atom is 0.252 e. The van der Waals surface area contributed by atoms with Crippen molar-refractivity contribution in [1.29, 1.82) is 0 Å². The molecule has 0 aliphatic heterocycles. The molecule has 0 atom stereocenters. The van der Waals surface area contributed by atoms with Crippen LogP contribution in [0.2, 0.25) is 0 Å². The summed E-state index contributed by atoms with van der Waals surface area (Å²) in [6, 6.07) is 43.5. The number of rotatable bonds is 8. The van der Waals surface area contributed by atoms with Crippen molar-refractivity contribution in [3.63, 3.8) is 0 Å². The molecule has 0 bridgehead atoms. The number of nitrogens with zero attached hydrogens (tertiary/aromatic N) is 3. The van der Waals surface area contributed by atoms with Crippen molar-refractivity contribution in [1.82, 2.24) is 14.0 Å². The lowest BCUT2D eigenvalue weighted by molar-refractivity contribution is 0.469. The van der Waals surface area contributed by atoms with Crippen molar-refractivity contribution >= 4 is 35.7 Å². The predicted molar refractivity (Wildman–Crippen MR) is 187 cm³/mol. The summed E-state index contributed by atoms with van der Waals surface area (Å²) in [5.74, 6) is 2.38. The summed E-state index contributed by atoms with van der Waals surface area (Å²) in [6.45, 7) is 6.71. The minimum absolute atomic E-state index is 0.229. The fourth-order valence-electron chi connectivity index (χ4n) is 5.92. The van der Waals surface area contributed by atoms with Gasteiger partial charge in [0.1, 0.15) is 12.0 Å². The van der Waals surface area contributed by atoms with E-state index in [1.165, 1.54) is 21.9 Å². The van der Waals surface area contributed by atoms with E-state index in [1.54, 1.807) is 0 Å². The molecule has 5 heteroatoms. The highest BCUT2D eigenvalue weighted by molar-refractivity contribution is 7.71. The van der Waals surface area contributed by atoms with E-state index >= 15 is 0 Å². The van der Waals surface area contributed by atoms with E-state index in [1.807, 2.05) is 0 Å². The molecule has 4 aromatic carbocycles. The van der Waals surface area contributed by atoms with Gasteiger partial charge in [0.2, 0.25) is 0 Å². The van der Waals surface area contributed by atoms with Gasteiger partial charge < -0.3 is 0 Å². The van der Waals surface area contributed by atoms with Crippen molar-refractivity contribution in [2.24, 2.45) is 5.41 Å². The lowest BCUT2D eigenvalue weighted by atomic mass is 9.13. The molecule has 0 aliphatic carbocycles. The highest BCUT2D eigenvalue weighted by atomic mass is 31.2. The van der Waals surface area contributed by atoms with Gasteiger partial charge in [0.05, 0.1) is 0 Å². The van der Waals surface area contributed by atoms with E-state index < -0.39 is 13.9 Å². The Kier molecular flexibility index (Phi) is 11.3. The second kappa shape index (κ2) is 14.3. The van der Waals surface area contributed by atoms with Crippen LogP contribution in [-0.4, -0.2) is 62.4 Å². The van der Waals surface area contributed by atoms with Crippen molar-refractivity contribution < 1.29 is 0 Å². The first kappa shape index (κ1) is 32.5. The molecule has 4 rings (SSSR count). The van der Waals surface area contributed by atoms with Crippen LogP contribution >= 0.6 is 7.71 Å². The SMILES string of the molecule is CN(C)[P+](/C=C/C(C)(C)C)(N(C)C)N(C)C.c1ccc([B-](c2ccccc2)(c2ccccc2)c2ccccc2)cc1. The zero-order chi connectivity index (χ0) is 30.1. The van der Waals surface area contributed by atoms with Gasteiger partial charge >= 0.3 is 0 Å². The predicted octanol–water partition coefficient (Wildman–Crippen LogP) is 6.06. The summed E-state index contributed by atoms with van der Waals surface area (Å²) in [6.07, 6.45) is 1.10. The Hall–Kier alpha value is -3.01. The topological polar surface area (TPSA) is 9.72 Å². The minimum atomic E-state index is -1.49. The van der Waals surface area contributed by atoms with Crippen molar-refractivity contribution in [2.45, 2.75) is 20.8 Å². The Labute approximate surface area is 250 Å². The Morgan fingerprint density at radius 3 is 0.902 bits per heavy atom. The number of benzene rings is 4. The molecule has 0 saturated carbocycles. The molecule has 0 amide bonds. The normalized spacial score (nSPS) is 12.6.